The lowest BCUT2D eigenvalue weighted by Gasteiger charge is -2.06. The fourth-order valence-corrected chi connectivity index (χ4v) is 2.12. The van der Waals surface area contributed by atoms with Gasteiger partial charge in [0.25, 0.3) is 5.91 Å². The molecule has 3 rings (SSSR count). The summed E-state index contributed by atoms with van der Waals surface area (Å²) in [4.78, 5) is 16.1. The zero-order valence-electron chi connectivity index (χ0n) is 10.5. The van der Waals surface area contributed by atoms with E-state index in [0.29, 0.717) is 28.2 Å². The molecule has 0 saturated carbocycles. The highest BCUT2D eigenvalue weighted by molar-refractivity contribution is 6.31. The highest BCUT2D eigenvalue weighted by Crippen LogP contribution is 2.16. The van der Waals surface area contributed by atoms with Gasteiger partial charge >= 0.3 is 0 Å². The van der Waals surface area contributed by atoms with Crippen LogP contribution in [0.2, 0.25) is 5.02 Å². The zero-order chi connectivity index (χ0) is 13.9. The summed E-state index contributed by atoms with van der Waals surface area (Å²) in [5.41, 5.74) is 2.74. The number of nitrogens with zero attached hydrogens (tertiary/aromatic N) is 1. The molecule has 0 radical (unpaired) electrons. The summed E-state index contributed by atoms with van der Waals surface area (Å²) in [7, 11) is 0. The SMILES string of the molecule is O=C(NCc1ccccc1Cl)c1ccc2ocnc2c1. The zero-order valence-corrected chi connectivity index (χ0v) is 11.2. The van der Waals surface area contributed by atoms with E-state index in [1.807, 2.05) is 18.2 Å². The number of fused-ring (bicyclic) bond motifs is 1. The van der Waals surface area contributed by atoms with Crippen molar-refractivity contribution in [2.24, 2.45) is 0 Å². The van der Waals surface area contributed by atoms with E-state index in [9.17, 15) is 4.79 Å². The number of benzene rings is 2. The van der Waals surface area contributed by atoms with Crippen LogP contribution in [-0.2, 0) is 6.54 Å². The van der Waals surface area contributed by atoms with Crippen molar-refractivity contribution in [3.8, 4) is 0 Å². The Balaban J connectivity index is 1.74. The molecule has 0 saturated heterocycles. The van der Waals surface area contributed by atoms with Gasteiger partial charge in [-0.25, -0.2) is 4.98 Å². The fourth-order valence-electron chi connectivity index (χ4n) is 1.92. The maximum Gasteiger partial charge on any atom is 0.251 e. The van der Waals surface area contributed by atoms with Crippen LogP contribution in [0, 0.1) is 0 Å². The molecular formula is C15H11ClN2O2. The summed E-state index contributed by atoms with van der Waals surface area (Å²) >= 11 is 6.04. The van der Waals surface area contributed by atoms with E-state index >= 15 is 0 Å². The van der Waals surface area contributed by atoms with Crippen LogP contribution in [0.5, 0.6) is 0 Å². The van der Waals surface area contributed by atoms with Crippen molar-refractivity contribution in [3.63, 3.8) is 0 Å². The van der Waals surface area contributed by atoms with Gasteiger partial charge in [-0.3, -0.25) is 4.79 Å². The second-order valence-electron chi connectivity index (χ2n) is 4.31. The standard InChI is InChI=1S/C15H11ClN2O2/c16-12-4-2-1-3-11(12)8-17-15(19)10-5-6-14-13(7-10)18-9-20-14/h1-7,9H,8H2,(H,17,19). The Morgan fingerprint density at radius 3 is 2.95 bits per heavy atom. The van der Waals surface area contributed by atoms with Crippen molar-refractivity contribution < 1.29 is 9.21 Å². The van der Waals surface area contributed by atoms with Crippen molar-refractivity contribution in [2.75, 3.05) is 0 Å². The Labute approximate surface area is 120 Å². The van der Waals surface area contributed by atoms with Crippen molar-refractivity contribution in [3.05, 3.63) is 65.0 Å². The minimum atomic E-state index is -0.171. The molecule has 0 unspecified atom stereocenters. The lowest BCUT2D eigenvalue weighted by Crippen LogP contribution is -2.22. The monoisotopic (exact) mass is 286 g/mol. The molecule has 20 heavy (non-hydrogen) atoms. The third kappa shape index (κ3) is 2.51. The second kappa shape index (κ2) is 5.35. The Morgan fingerprint density at radius 1 is 1.25 bits per heavy atom. The smallest absolute Gasteiger partial charge is 0.251 e. The van der Waals surface area contributed by atoms with E-state index < -0.39 is 0 Å². The average Bonchev–Trinajstić information content (AvgIpc) is 2.93. The van der Waals surface area contributed by atoms with Crippen molar-refractivity contribution in [2.45, 2.75) is 6.54 Å². The first-order valence-electron chi connectivity index (χ1n) is 6.09. The number of oxazole rings is 1. The van der Waals surface area contributed by atoms with E-state index in [4.69, 9.17) is 16.0 Å². The van der Waals surface area contributed by atoms with Crippen LogP contribution < -0.4 is 5.32 Å². The maximum absolute atomic E-state index is 12.1. The molecule has 0 atom stereocenters. The molecule has 2 aromatic carbocycles. The molecule has 1 amide bonds. The van der Waals surface area contributed by atoms with Crippen LogP contribution in [0.3, 0.4) is 0 Å². The quantitative estimate of drug-likeness (QED) is 0.803. The van der Waals surface area contributed by atoms with Gasteiger partial charge in [0.05, 0.1) is 0 Å². The molecule has 0 spiro atoms. The summed E-state index contributed by atoms with van der Waals surface area (Å²) in [6.45, 7) is 0.384. The number of amides is 1. The van der Waals surface area contributed by atoms with Crippen molar-refractivity contribution >= 4 is 28.6 Å². The van der Waals surface area contributed by atoms with E-state index in [1.54, 1.807) is 24.3 Å². The van der Waals surface area contributed by atoms with Crippen molar-refractivity contribution in [1.82, 2.24) is 10.3 Å². The molecule has 1 aromatic heterocycles. The number of carbonyl (C=O) groups excluding carboxylic acids is 1. The summed E-state index contributed by atoms with van der Waals surface area (Å²) < 4.78 is 5.14. The number of nitrogens with one attached hydrogen (secondary N) is 1. The molecule has 0 bridgehead atoms. The third-order valence-electron chi connectivity index (χ3n) is 2.99. The molecule has 5 heteroatoms. The first-order chi connectivity index (χ1) is 9.74. The van der Waals surface area contributed by atoms with Crippen LogP contribution in [0.25, 0.3) is 11.1 Å². The largest absolute Gasteiger partial charge is 0.443 e. The molecule has 0 aliphatic rings. The maximum atomic E-state index is 12.1. The van der Waals surface area contributed by atoms with Crippen LogP contribution in [0.1, 0.15) is 15.9 Å². The Morgan fingerprint density at radius 2 is 2.10 bits per heavy atom. The van der Waals surface area contributed by atoms with Gasteiger partial charge in [-0.05, 0) is 29.8 Å². The van der Waals surface area contributed by atoms with Crippen LogP contribution in [0.15, 0.2) is 53.3 Å². The van der Waals surface area contributed by atoms with Gasteiger partial charge in [0.15, 0.2) is 12.0 Å². The molecule has 3 aromatic rings. The van der Waals surface area contributed by atoms with Gasteiger partial charge in [0.1, 0.15) is 5.52 Å². The third-order valence-corrected chi connectivity index (χ3v) is 3.36. The number of hydrogen-bond donors (Lipinski definition) is 1. The van der Waals surface area contributed by atoms with Crippen LogP contribution in [-0.4, -0.2) is 10.9 Å². The minimum absolute atomic E-state index is 0.171. The second-order valence-corrected chi connectivity index (χ2v) is 4.72. The number of rotatable bonds is 3. The lowest BCUT2D eigenvalue weighted by molar-refractivity contribution is 0.0951. The normalized spacial score (nSPS) is 10.7. The predicted octanol–water partition coefficient (Wildman–Crippen LogP) is 3.41. The molecule has 100 valence electrons. The van der Waals surface area contributed by atoms with E-state index in [0.717, 1.165) is 5.56 Å². The van der Waals surface area contributed by atoms with Gasteiger partial charge in [0, 0.05) is 17.1 Å². The lowest BCUT2D eigenvalue weighted by atomic mass is 10.1. The van der Waals surface area contributed by atoms with E-state index in [1.165, 1.54) is 6.39 Å². The first kappa shape index (κ1) is 12.7. The fraction of sp³-hybridized carbons (Fsp3) is 0.0667. The van der Waals surface area contributed by atoms with Crippen molar-refractivity contribution in [1.29, 1.82) is 0 Å². The van der Waals surface area contributed by atoms with Gasteiger partial charge in [-0.15, -0.1) is 0 Å². The molecule has 1 heterocycles. The summed E-state index contributed by atoms with van der Waals surface area (Å²) in [6, 6.07) is 12.5. The van der Waals surface area contributed by atoms with Crippen LogP contribution >= 0.6 is 11.6 Å². The molecule has 1 N–H and O–H groups in total. The topological polar surface area (TPSA) is 55.1 Å². The number of hydrogen-bond acceptors (Lipinski definition) is 3. The minimum Gasteiger partial charge on any atom is -0.443 e. The number of aromatic nitrogens is 1. The van der Waals surface area contributed by atoms with E-state index in [-0.39, 0.29) is 5.91 Å². The highest BCUT2D eigenvalue weighted by Gasteiger charge is 2.08. The Bertz CT molecular complexity index is 767. The van der Waals surface area contributed by atoms with Crippen LogP contribution in [0.4, 0.5) is 0 Å². The summed E-state index contributed by atoms with van der Waals surface area (Å²) in [5, 5.41) is 3.47. The molecule has 0 aliphatic heterocycles. The first-order valence-corrected chi connectivity index (χ1v) is 6.47. The molecule has 0 aliphatic carbocycles. The van der Waals surface area contributed by atoms with Gasteiger partial charge < -0.3 is 9.73 Å². The highest BCUT2D eigenvalue weighted by atomic mass is 35.5. The van der Waals surface area contributed by atoms with Gasteiger partial charge in [0.2, 0.25) is 0 Å². The molecular weight excluding hydrogens is 276 g/mol. The predicted molar refractivity (Wildman–Crippen MR) is 76.6 cm³/mol. The summed E-state index contributed by atoms with van der Waals surface area (Å²) in [5.74, 6) is -0.171. The van der Waals surface area contributed by atoms with Gasteiger partial charge in [-0.2, -0.15) is 0 Å². The molecule has 0 fully saturated rings. The summed E-state index contributed by atoms with van der Waals surface area (Å²) in [6.07, 6.45) is 1.36. The Kier molecular flexibility index (Phi) is 3.39. The van der Waals surface area contributed by atoms with Gasteiger partial charge in [-0.1, -0.05) is 29.8 Å². The van der Waals surface area contributed by atoms with E-state index in [2.05, 4.69) is 10.3 Å². The molecule has 4 nitrogen and oxygen atoms in total. The number of halogens is 1. The average molecular weight is 287 g/mol. The number of carbonyl (C=O) groups is 1. The Hall–Kier alpha value is -2.33.